The number of carbonyl (C=O) groups excluding carboxylic acids is 1. The van der Waals surface area contributed by atoms with Gasteiger partial charge in [0.15, 0.2) is 9.84 Å². The molecule has 0 N–H and O–H groups in total. The number of fused-ring (bicyclic) bond motifs is 1. The van der Waals surface area contributed by atoms with Crippen molar-refractivity contribution in [3.05, 3.63) is 41.6 Å². The number of sulfone groups is 1. The maximum atomic E-state index is 13.2. The molecular weight excluding hydrogens is 348 g/mol. The van der Waals surface area contributed by atoms with E-state index in [-0.39, 0.29) is 18.2 Å². The lowest BCUT2D eigenvalue weighted by Gasteiger charge is -2.44. The number of rotatable bonds is 1. The average Bonchev–Trinajstić information content (AvgIpc) is 2.65. The number of para-hydroxylation sites is 1. The first-order valence-electron chi connectivity index (χ1n) is 9.29. The summed E-state index contributed by atoms with van der Waals surface area (Å²) in [6.07, 6.45) is 5.92. The molecule has 1 spiro atoms. The zero-order valence-corrected chi connectivity index (χ0v) is 15.9. The van der Waals surface area contributed by atoms with Gasteiger partial charge in [0, 0.05) is 24.7 Å². The van der Waals surface area contributed by atoms with Crippen LogP contribution in [0.25, 0.3) is 10.9 Å². The van der Waals surface area contributed by atoms with Crippen LogP contribution in [0.3, 0.4) is 0 Å². The molecule has 2 fully saturated rings. The second-order valence-electron chi connectivity index (χ2n) is 7.60. The Morgan fingerprint density at radius 2 is 1.88 bits per heavy atom. The predicted molar refractivity (Wildman–Crippen MR) is 102 cm³/mol. The molecule has 6 heteroatoms. The first-order chi connectivity index (χ1) is 12.4. The summed E-state index contributed by atoms with van der Waals surface area (Å²) in [6, 6.07) is 7.77. The molecule has 0 radical (unpaired) electrons. The second-order valence-corrected chi connectivity index (χ2v) is 10.1. The molecule has 1 aliphatic carbocycles. The minimum Gasteiger partial charge on any atom is -0.336 e. The van der Waals surface area contributed by atoms with Crippen LogP contribution in [0.1, 0.15) is 48.0 Å². The lowest BCUT2D eigenvalue weighted by Crippen LogP contribution is -2.58. The maximum Gasteiger partial charge on any atom is 0.255 e. The number of carbonyl (C=O) groups is 1. The summed E-state index contributed by atoms with van der Waals surface area (Å²) in [5.41, 5.74) is 2.35. The summed E-state index contributed by atoms with van der Waals surface area (Å²) >= 11 is 0. The summed E-state index contributed by atoms with van der Waals surface area (Å²) < 4.78 is 24.8. The number of hydrogen-bond acceptors (Lipinski definition) is 4. The lowest BCUT2D eigenvalue weighted by molar-refractivity contribution is 0.0722. The Balaban J connectivity index is 1.68. The van der Waals surface area contributed by atoms with Gasteiger partial charge in [-0.2, -0.15) is 0 Å². The standard InChI is InChI=1S/C20H24N2O3S/c1-15-16-7-3-4-8-18(16)21-13-17(15)19(23)22-11-12-26(24,25)20(14-22)9-5-2-6-10-20/h3-4,7-8,13H,2,5-6,9-12,14H2,1H3. The molecule has 0 bridgehead atoms. The normalized spacial score (nSPS) is 21.8. The zero-order chi connectivity index (χ0) is 18.4. The number of pyridine rings is 1. The van der Waals surface area contributed by atoms with Gasteiger partial charge < -0.3 is 4.90 Å². The molecule has 1 amide bonds. The predicted octanol–water partition coefficient (Wildman–Crippen LogP) is 3.12. The highest BCUT2D eigenvalue weighted by Gasteiger charge is 2.49. The summed E-state index contributed by atoms with van der Waals surface area (Å²) in [4.78, 5) is 19.4. The van der Waals surface area contributed by atoms with E-state index in [0.717, 1.165) is 35.7 Å². The molecule has 26 heavy (non-hydrogen) atoms. The van der Waals surface area contributed by atoms with Crippen LogP contribution >= 0.6 is 0 Å². The van der Waals surface area contributed by atoms with E-state index >= 15 is 0 Å². The Kier molecular flexibility index (Phi) is 4.26. The summed E-state index contributed by atoms with van der Waals surface area (Å²) in [5.74, 6) is -0.0284. The van der Waals surface area contributed by atoms with Gasteiger partial charge >= 0.3 is 0 Å². The average molecular weight is 372 g/mol. The highest BCUT2D eigenvalue weighted by atomic mass is 32.2. The molecule has 1 saturated heterocycles. The maximum absolute atomic E-state index is 13.2. The summed E-state index contributed by atoms with van der Waals surface area (Å²) in [5, 5.41) is 0.968. The topological polar surface area (TPSA) is 67.3 Å². The number of aryl methyl sites for hydroxylation is 1. The number of aromatic nitrogens is 1. The molecule has 1 aromatic carbocycles. The van der Waals surface area contributed by atoms with Gasteiger partial charge in [0.1, 0.15) is 0 Å². The highest BCUT2D eigenvalue weighted by molar-refractivity contribution is 7.92. The van der Waals surface area contributed by atoms with Crippen LogP contribution in [0.2, 0.25) is 0 Å². The third kappa shape index (κ3) is 2.71. The van der Waals surface area contributed by atoms with E-state index in [4.69, 9.17) is 0 Å². The molecule has 1 saturated carbocycles. The Morgan fingerprint density at radius 3 is 2.65 bits per heavy atom. The third-order valence-corrected chi connectivity index (χ3v) is 8.67. The van der Waals surface area contributed by atoms with Crippen molar-refractivity contribution in [1.82, 2.24) is 9.88 Å². The third-order valence-electron chi connectivity index (χ3n) is 6.10. The summed E-state index contributed by atoms with van der Waals surface area (Å²) in [7, 11) is -3.15. The fourth-order valence-corrected chi connectivity index (χ4v) is 6.63. The largest absolute Gasteiger partial charge is 0.336 e. The van der Waals surface area contributed by atoms with E-state index in [2.05, 4.69) is 4.98 Å². The highest BCUT2D eigenvalue weighted by Crippen LogP contribution is 2.39. The Morgan fingerprint density at radius 1 is 1.15 bits per heavy atom. The number of nitrogens with zero attached hydrogens (tertiary/aromatic N) is 2. The molecular formula is C20H24N2O3S. The first kappa shape index (κ1) is 17.5. The number of amides is 1. The van der Waals surface area contributed by atoms with Gasteiger partial charge in [-0.25, -0.2) is 8.42 Å². The zero-order valence-electron chi connectivity index (χ0n) is 15.1. The van der Waals surface area contributed by atoms with Gasteiger partial charge in [0.2, 0.25) is 0 Å². The quantitative estimate of drug-likeness (QED) is 0.771. The van der Waals surface area contributed by atoms with E-state index in [0.29, 0.717) is 24.9 Å². The molecule has 1 aromatic heterocycles. The van der Waals surface area contributed by atoms with E-state index in [1.54, 1.807) is 11.1 Å². The number of hydrogen-bond donors (Lipinski definition) is 0. The van der Waals surface area contributed by atoms with Crippen molar-refractivity contribution in [3.8, 4) is 0 Å². The molecule has 0 atom stereocenters. The molecule has 1 aliphatic heterocycles. The SMILES string of the molecule is Cc1c(C(=O)N2CCS(=O)(=O)C3(CCCCC3)C2)cnc2ccccc12. The Labute approximate surface area is 154 Å². The van der Waals surface area contributed by atoms with Crippen LogP contribution in [0.15, 0.2) is 30.5 Å². The molecule has 4 rings (SSSR count). The lowest BCUT2D eigenvalue weighted by atomic mass is 9.87. The van der Waals surface area contributed by atoms with Crippen molar-refractivity contribution < 1.29 is 13.2 Å². The van der Waals surface area contributed by atoms with Crippen LogP contribution in [-0.2, 0) is 9.84 Å². The minimum absolute atomic E-state index is 0.0683. The van der Waals surface area contributed by atoms with Crippen LogP contribution in [-0.4, -0.2) is 47.8 Å². The van der Waals surface area contributed by atoms with Crippen LogP contribution < -0.4 is 0 Å². The molecule has 2 aromatic rings. The van der Waals surface area contributed by atoms with E-state index in [1.165, 1.54) is 0 Å². The van der Waals surface area contributed by atoms with E-state index in [9.17, 15) is 13.2 Å². The van der Waals surface area contributed by atoms with E-state index < -0.39 is 14.6 Å². The first-order valence-corrected chi connectivity index (χ1v) is 10.9. The molecule has 138 valence electrons. The molecule has 5 nitrogen and oxygen atoms in total. The van der Waals surface area contributed by atoms with Crippen LogP contribution in [0, 0.1) is 6.92 Å². The van der Waals surface area contributed by atoms with Crippen molar-refractivity contribution in [1.29, 1.82) is 0 Å². The Bertz CT molecular complexity index is 962. The van der Waals surface area contributed by atoms with Crippen molar-refractivity contribution in [2.45, 2.75) is 43.8 Å². The second kappa shape index (κ2) is 6.34. The van der Waals surface area contributed by atoms with Gasteiger partial charge in [-0.15, -0.1) is 0 Å². The van der Waals surface area contributed by atoms with Gasteiger partial charge in [-0.1, -0.05) is 37.5 Å². The van der Waals surface area contributed by atoms with Crippen molar-refractivity contribution in [2.24, 2.45) is 0 Å². The van der Waals surface area contributed by atoms with Crippen molar-refractivity contribution >= 4 is 26.6 Å². The monoisotopic (exact) mass is 372 g/mol. The fraction of sp³-hybridized carbons (Fsp3) is 0.500. The fourth-order valence-electron chi connectivity index (χ4n) is 4.48. The van der Waals surface area contributed by atoms with Gasteiger partial charge in [0.25, 0.3) is 5.91 Å². The molecule has 2 aliphatic rings. The number of benzene rings is 1. The smallest absolute Gasteiger partial charge is 0.255 e. The summed E-state index contributed by atoms with van der Waals surface area (Å²) in [6.45, 7) is 2.53. The Hall–Kier alpha value is -1.95. The van der Waals surface area contributed by atoms with Crippen LogP contribution in [0.4, 0.5) is 0 Å². The van der Waals surface area contributed by atoms with Crippen molar-refractivity contribution in [3.63, 3.8) is 0 Å². The minimum atomic E-state index is -3.15. The van der Waals surface area contributed by atoms with Gasteiger partial charge in [-0.05, 0) is 31.4 Å². The molecule has 0 unspecified atom stereocenters. The van der Waals surface area contributed by atoms with E-state index in [1.807, 2.05) is 31.2 Å². The van der Waals surface area contributed by atoms with Gasteiger partial charge in [-0.3, -0.25) is 9.78 Å². The van der Waals surface area contributed by atoms with Gasteiger partial charge in [0.05, 0.1) is 21.6 Å². The molecule has 2 heterocycles. The van der Waals surface area contributed by atoms with Crippen LogP contribution in [0.5, 0.6) is 0 Å². The van der Waals surface area contributed by atoms with Crippen molar-refractivity contribution in [2.75, 3.05) is 18.8 Å².